The highest BCUT2D eigenvalue weighted by Gasteiger charge is 2.17. The van der Waals surface area contributed by atoms with Crippen LogP contribution in [0.5, 0.6) is 0 Å². The number of carbonyl (C=O) groups excluding carboxylic acids is 2. The number of nitrogens with one attached hydrogen (secondary N) is 2. The van der Waals surface area contributed by atoms with Crippen LogP contribution in [0.2, 0.25) is 0 Å². The lowest BCUT2D eigenvalue weighted by Gasteiger charge is -2.09. The molecule has 0 aliphatic rings. The fourth-order valence-corrected chi connectivity index (χ4v) is 1.82. The standard InChI is InChI=1S/C10H18N2O5S/c1-3-7(9(14)15)18-6-8(13)12-10(16)11-4-5-17-2/h7H,3-6H2,1-2H3,(H,14,15)(H2,11,12,13,16). The number of aliphatic carboxylic acids is 1. The van der Waals surface area contributed by atoms with E-state index in [4.69, 9.17) is 9.84 Å². The Balaban J connectivity index is 3.82. The molecule has 18 heavy (non-hydrogen) atoms. The number of hydrogen-bond acceptors (Lipinski definition) is 5. The molecule has 0 radical (unpaired) electrons. The van der Waals surface area contributed by atoms with E-state index in [0.29, 0.717) is 19.6 Å². The molecule has 0 saturated heterocycles. The van der Waals surface area contributed by atoms with E-state index in [0.717, 1.165) is 11.8 Å². The van der Waals surface area contributed by atoms with Crippen molar-refractivity contribution in [1.29, 1.82) is 0 Å². The lowest BCUT2D eigenvalue weighted by molar-refractivity contribution is -0.136. The van der Waals surface area contributed by atoms with Crippen LogP contribution in [-0.2, 0) is 14.3 Å². The number of imide groups is 1. The molecule has 0 fully saturated rings. The Labute approximate surface area is 110 Å². The highest BCUT2D eigenvalue weighted by Crippen LogP contribution is 2.13. The Morgan fingerprint density at radius 2 is 2.06 bits per heavy atom. The molecule has 0 bridgehead atoms. The van der Waals surface area contributed by atoms with Crippen molar-refractivity contribution in [3.05, 3.63) is 0 Å². The van der Waals surface area contributed by atoms with Crippen LogP contribution >= 0.6 is 11.8 Å². The number of hydrogen-bond donors (Lipinski definition) is 3. The maximum Gasteiger partial charge on any atom is 0.321 e. The van der Waals surface area contributed by atoms with Crippen molar-refractivity contribution in [2.75, 3.05) is 26.0 Å². The molecule has 7 nitrogen and oxygen atoms in total. The van der Waals surface area contributed by atoms with E-state index >= 15 is 0 Å². The van der Waals surface area contributed by atoms with Gasteiger partial charge in [-0.05, 0) is 6.42 Å². The summed E-state index contributed by atoms with van der Waals surface area (Å²) in [5.41, 5.74) is 0. The Hall–Kier alpha value is -1.28. The van der Waals surface area contributed by atoms with Gasteiger partial charge in [0.15, 0.2) is 0 Å². The van der Waals surface area contributed by atoms with Gasteiger partial charge in [0, 0.05) is 13.7 Å². The van der Waals surface area contributed by atoms with Gasteiger partial charge in [-0.3, -0.25) is 14.9 Å². The largest absolute Gasteiger partial charge is 0.480 e. The van der Waals surface area contributed by atoms with E-state index in [2.05, 4.69) is 10.6 Å². The summed E-state index contributed by atoms with van der Waals surface area (Å²) in [4.78, 5) is 33.2. The first kappa shape index (κ1) is 16.7. The van der Waals surface area contributed by atoms with Crippen molar-refractivity contribution in [2.24, 2.45) is 0 Å². The van der Waals surface area contributed by atoms with Gasteiger partial charge in [0.1, 0.15) is 5.25 Å². The molecule has 104 valence electrons. The average molecular weight is 278 g/mol. The summed E-state index contributed by atoms with van der Waals surface area (Å²) in [5.74, 6) is -1.54. The fourth-order valence-electron chi connectivity index (χ4n) is 1.01. The van der Waals surface area contributed by atoms with E-state index in [-0.39, 0.29) is 5.75 Å². The second-order valence-corrected chi connectivity index (χ2v) is 4.53. The molecule has 0 aliphatic heterocycles. The molecule has 3 amide bonds. The highest BCUT2D eigenvalue weighted by atomic mass is 32.2. The number of rotatable bonds is 8. The molecule has 0 spiro atoms. The third kappa shape index (κ3) is 7.91. The second kappa shape index (κ2) is 9.72. The van der Waals surface area contributed by atoms with Crippen molar-refractivity contribution >= 4 is 29.7 Å². The normalized spacial score (nSPS) is 11.7. The average Bonchev–Trinajstić information content (AvgIpc) is 2.29. The molecule has 0 aliphatic carbocycles. The van der Waals surface area contributed by atoms with E-state index in [1.807, 2.05) is 0 Å². The number of methoxy groups -OCH3 is 1. The van der Waals surface area contributed by atoms with Crippen LogP contribution in [0.4, 0.5) is 4.79 Å². The molecule has 8 heteroatoms. The number of amides is 3. The number of carbonyl (C=O) groups is 3. The second-order valence-electron chi connectivity index (χ2n) is 3.34. The van der Waals surface area contributed by atoms with Gasteiger partial charge in [0.2, 0.25) is 5.91 Å². The van der Waals surface area contributed by atoms with Gasteiger partial charge in [0.25, 0.3) is 0 Å². The van der Waals surface area contributed by atoms with E-state index in [9.17, 15) is 14.4 Å². The minimum atomic E-state index is -0.958. The third-order valence-electron chi connectivity index (χ3n) is 1.91. The van der Waals surface area contributed by atoms with Crippen LogP contribution in [0.3, 0.4) is 0 Å². The summed E-state index contributed by atoms with van der Waals surface area (Å²) in [6, 6.07) is -0.610. The van der Waals surface area contributed by atoms with Crippen LogP contribution in [0, 0.1) is 0 Å². The molecule has 0 heterocycles. The molecular weight excluding hydrogens is 260 g/mol. The van der Waals surface area contributed by atoms with Crippen LogP contribution in [-0.4, -0.2) is 54.3 Å². The SMILES string of the molecule is CCC(SCC(=O)NC(=O)NCCOC)C(=O)O. The highest BCUT2D eigenvalue weighted by molar-refractivity contribution is 8.01. The van der Waals surface area contributed by atoms with E-state index in [1.165, 1.54) is 7.11 Å². The van der Waals surface area contributed by atoms with Gasteiger partial charge in [-0.25, -0.2) is 4.79 Å². The minimum Gasteiger partial charge on any atom is -0.480 e. The van der Waals surface area contributed by atoms with Gasteiger partial charge in [0.05, 0.1) is 12.4 Å². The number of thioether (sulfide) groups is 1. The van der Waals surface area contributed by atoms with E-state index in [1.54, 1.807) is 6.92 Å². The van der Waals surface area contributed by atoms with Crippen molar-refractivity contribution < 1.29 is 24.2 Å². The first-order valence-electron chi connectivity index (χ1n) is 5.42. The van der Waals surface area contributed by atoms with Gasteiger partial charge in [-0.2, -0.15) is 0 Å². The Morgan fingerprint density at radius 1 is 1.39 bits per heavy atom. The fraction of sp³-hybridized carbons (Fsp3) is 0.700. The Kier molecular flexibility index (Phi) is 9.03. The van der Waals surface area contributed by atoms with Crippen LogP contribution in [0.25, 0.3) is 0 Å². The zero-order chi connectivity index (χ0) is 14.0. The summed E-state index contributed by atoms with van der Waals surface area (Å²) in [5, 5.41) is 12.6. The van der Waals surface area contributed by atoms with Crippen molar-refractivity contribution in [2.45, 2.75) is 18.6 Å². The summed E-state index contributed by atoms with van der Waals surface area (Å²) in [6.07, 6.45) is 0.424. The molecule has 0 aromatic carbocycles. The first-order valence-corrected chi connectivity index (χ1v) is 6.47. The lowest BCUT2D eigenvalue weighted by Crippen LogP contribution is -2.41. The maximum atomic E-state index is 11.3. The third-order valence-corrected chi connectivity index (χ3v) is 3.27. The number of carboxylic acid groups (broad SMARTS) is 1. The monoisotopic (exact) mass is 278 g/mol. The smallest absolute Gasteiger partial charge is 0.321 e. The zero-order valence-electron chi connectivity index (χ0n) is 10.4. The number of carboxylic acids is 1. The van der Waals surface area contributed by atoms with Crippen LogP contribution in [0.15, 0.2) is 0 Å². The molecule has 1 atom stereocenters. The number of urea groups is 1. The summed E-state index contributed by atoms with van der Waals surface area (Å²) >= 11 is 0.992. The van der Waals surface area contributed by atoms with Gasteiger partial charge in [-0.1, -0.05) is 6.92 Å². The van der Waals surface area contributed by atoms with Crippen molar-refractivity contribution in [1.82, 2.24) is 10.6 Å². The first-order chi connectivity index (χ1) is 8.51. The zero-order valence-corrected chi connectivity index (χ0v) is 11.2. The van der Waals surface area contributed by atoms with Crippen LogP contribution < -0.4 is 10.6 Å². The molecule has 1 unspecified atom stereocenters. The quantitative estimate of drug-likeness (QED) is 0.542. The van der Waals surface area contributed by atoms with Crippen LogP contribution in [0.1, 0.15) is 13.3 Å². The minimum absolute atomic E-state index is 0.0670. The topological polar surface area (TPSA) is 105 Å². The maximum absolute atomic E-state index is 11.3. The van der Waals surface area contributed by atoms with Crippen molar-refractivity contribution in [3.63, 3.8) is 0 Å². The summed E-state index contributed by atoms with van der Waals surface area (Å²) in [7, 11) is 1.50. The summed E-state index contributed by atoms with van der Waals surface area (Å²) in [6.45, 7) is 2.38. The number of ether oxygens (including phenoxy) is 1. The molecule has 0 saturated carbocycles. The molecule has 0 aromatic heterocycles. The molecule has 0 rings (SSSR count). The summed E-state index contributed by atoms with van der Waals surface area (Å²) < 4.78 is 4.72. The Morgan fingerprint density at radius 3 is 2.56 bits per heavy atom. The predicted molar refractivity (Wildman–Crippen MR) is 67.6 cm³/mol. The molecule has 3 N–H and O–H groups in total. The molecule has 0 aromatic rings. The van der Waals surface area contributed by atoms with Crippen molar-refractivity contribution in [3.8, 4) is 0 Å². The van der Waals surface area contributed by atoms with Gasteiger partial charge in [-0.15, -0.1) is 11.8 Å². The molecular formula is C10H18N2O5S. The lowest BCUT2D eigenvalue weighted by atomic mass is 10.3. The van der Waals surface area contributed by atoms with E-state index < -0.39 is 23.2 Å². The van der Waals surface area contributed by atoms with Gasteiger partial charge >= 0.3 is 12.0 Å². The Bertz CT molecular complexity index is 298. The predicted octanol–water partition coefficient (Wildman–Crippen LogP) is 0.0550. The van der Waals surface area contributed by atoms with Gasteiger partial charge < -0.3 is 15.2 Å².